The van der Waals surface area contributed by atoms with Crippen molar-refractivity contribution in [2.75, 3.05) is 0 Å². The SMILES string of the molecule is NC(=O)[C@@H](Cc1ccccc1)N(Cc1cccc(C(F)(F)F)c1)C(=O)c1ccccc1. The molecule has 0 aliphatic heterocycles. The van der Waals surface area contributed by atoms with Crippen LogP contribution >= 0.6 is 0 Å². The van der Waals surface area contributed by atoms with Crippen molar-refractivity contribution in [2.24, 2.45) is 5.73 Å². The number of nitrogens with two attached hydrogens (primary N) is 1. The third kappa shape index (κ3) is 5.72. The summed E-state index contributed by atoms with van der Waals surface area (Å²) in [4.78, 5) is 26.8. The molecule has 0 aliphatic rings. The van der Waals surface area contributed by atoms with Crippen molar-refractivity contribution in [2.45, 2.75) is 25.2 Å². The normalized spacial score (nSPS) is 12.2. The molecule has 1 atom stereocenters. The average molecular weight is 426 g/mol. The number of halogens is 3. The minimum absolute atomic E-state index is 0.147. The molecule has 2 amide bonds. The second-order valence-electron chi connectivity index (χ2n) is 7.11. The zero-order valence-corrected chi connectivity index (χ0v) is 16.5. The van der Waals surface area contributed by atoms with Gasteiger partial charge in [-0.05, 0) is 35.4 Å². The molecule has 7 heteroatoms. The van der Waals surface area contributed by atoms with Crippen molar-refractivity contribution in [3.05, 3.63) is 107 Å². The topological polar surface area (TPSA) is 63.4 Å². The van der Waals surface area contributed by atoms with E-state index in [1.807, 2.05) is 6.07 Å². The lowest BCUT2D eigenvalue weighted by Gasteiger charge is -2.30. The number of amides is 2. The number of hydrogen-bond donors (Lipinski definition) is 1. The van der Waals surface area contributed by atoms with Crippen LogP contribution in [0.15, 0.2) is 84.9 Å². The number of primary amides is 1. The van der Waals surface area contributed by atoms with E-state index in [0.29, 0.717) is 5.56 Å². The smallest absolute Gasteiger partial charge is 0.368 e. The van der Waals surface area contributed by atoms with Gasteiger partial charge < -0.3 is 10.6 Å². The maximum absolute atomic E-state index is 13.3. The van der Waals surface area contributed by atoms with Gasteiger partial charge in [0.2, 0.25) is 5.91 Å². The third-order valence-corrected chi connectivity index (χ3v) is 4.87. The van der Waals surface area contributed by atoms with Crippen molar-refractivity contribution in [1.29, 1.82) is 0 Å². The van der Waals surface area contributed by atoms with Gasteiger partial charge >= 0.3 is 6.18 Å². The van der Waals surface area contributed by atoms with Gasteiger partial charge in [-0.3, -0.25) is 9.59 Å². The fraction of sp³-hybridized carbons (Fsp3) is 0.167. The largest absolute Gasteiger partial charge is 0.416 e. The quantitative estimate of drug-likeness (QED) is 0.607. The highest BCUT2D eigenvalue weighted by Crippen LogP contribution is 2.30. The maximum Gasteiger partial charge on any atom is 0.416 e. The van der Waals surface area contributed by atoms with Crippen LogP contribution in [0.4, 0.5) is 13.2 Å². The molecular weight excluding hydrogens is 405 g/mol. The summed E-state index contributed by atoms with van der Waals surface area (Å²) in [5.74, 6) is -1.22. The Morgan fingerprint density at radius 1 is 0.839 bits per heavy atom. The predicted molar refractivity (Wildman–Crippen MR) is 111 cm³/mol. The van der Waals surface area contributed by atoms with Crippen molar-refractivity contribution in [3.63, 3.8) is 0 Å². The van der Waals surface area contributed by atoms with Gasteiger partial charge in [0.25, 0.3) is 5.91 Å². The fourth-order valence-electron chi connectivity index (χ4n) is 3.31. The Morgan fingerprint density at radius 2 is 1.42 bits per heavy atom. The molecule has 31 heavy (non-hydrogen) atoms. The van der Waals surface area contributed by atoms with E-state index in [4.69, 9.17) is 5.73 Å². The van der Waals surface area contributed by atoms with Gasteiger partial charge in [-0.25, -0.2) is 0 Å². The van der Waals surface area contributed by atoms with Crippen LogP contribution in [0.5, 0.6) is 0 Å². The molecular formula is C24H21F3N2O2. The summed E-state index contributed by atoms with van der Waals surface area (Å²) in [5.41, 5.74) is 6.16. The first-order valence-corrected chi connectivity index (χ1v) is 9.61. The first-order chi connectivity index (χ1) is 14.8. The van der Waals surface area contributed by atoms with Crippen molar-refractivity contribution in [3.8, 4) is 0 Å². The maximum atomic E-state index is 13.3. The summed E-state index contributed by atoms with van der Waals surface area (Å²) >= 11 is 0. The summed E-state index contributed by atoms with van der Waals surface area (Å²) in [6.07, 6.45) is -4.37. The van der Waals surface area contributed by atoms with Gasteiger partial charge in [0.05, 0.1) is 5.56 Å². The van der Waals surface area contributed by atoms with Crippen molar-refractivity contribution >= 4 is 11.8 Å². The molecule has 0 spiro atoms. The molecule has 3 aromatic carbocycles. The summed E-state index contributed by atoms with van der Waals surface area (Å²) in [6, 6.07) is 20.9. The molecule has 0 saturated carbocycles. The molecule has 3 aromatic rings. The Morgan fingerprint density at radius 3 is 2.00 bits per heavy atom. The molecule has 0 unspecified atom stereocenters. The van der Waals surface area contributed by atoms with Gasteiger partial charge in [0, 0.05) is 18.5 Å². The van der Waals surface area contributed by atoms with Crippen LogP contribution < -0.4 is 5.73 Å². The molecule has 0 heterocycles. The van der Waals surface area contributed by atoms with E-state index in [-0.39, 0.29) is 18.5 Å². The second-order valence-corrected chi connectivity index (χ2v) is 7.11. The van der Waals surface area contributed by atoms with E-state index in [9.17, 15) is 22.8 Å². The van der Waals surface area contributed by atoms with Gasteiger partial charge in [-0.2, -0.15) is 13.2 Å². The summed E-state index contributed by atoms with van der Waals surface area (Å²) in [7, 11) is 0. The highest BCUT2D eigenvalue weighted by atomic mass is 19.4. The third-order valence-electron chi connectivity index (χ3n) is 4.87. The number of carbonyl (C=O) groups is 2. The number of hydrogen-bond acceptors (Lipinski definition) is 2. The Kier molecular flexibility index (Phi) is 6.74. The van der Waals surface area contributed by atoms with Gasteiger partial charge in [-0.15, -0.1) is 0 Å². The first kappa shape index (κ1) is 22.1. The molecule has 0 saturated heterocycles. The Hall–Kier alpha value is -3.61. The Labute approximate surface area is 178 Å². The van der Waals surface area contributed by atoms with Crippen molar-refractivity contribution < 1.29 is 22.8 Å². The van der Waals surface area contributed by atoms with Gasteiger partial charge in [-0.1, -0.05) is 60.7 Å². The Balaban J connectivity index is 1.99. The zero-order chi connectivity index (χ0) is 22.4. The van der Waals surface area contributed by atoms with E-state index in [1.54, 1.807) is 54.6 Å². The lowest BCUT2D eigenvalue weighted by Crippen LogP contribution is -2.48. The van der Waals surface area contributed by atoms with E-state index in [0.717, 1.165) is 17.7 Å². The van der Waals surface area contributed by atoms with Crippen LogP contribution in [-0.4, -0.2) is 22.8 Å². The zero-order valence-electron chi connectivity index (χ0n) is 16.5. The van der Waals surface area contributed by atoms with E-state index < -0.39 is 29.6 Å². The number of carbonyl (C=O) groups excluding carboxylic acids is 2. The molecule has 0 bridgehead atoms. The molecule has 0 aliphatic carbocycles. The number of alkyl halides is 3. The second kappa shape index (κ2) is 9.47. The summed E-state index contributed by atoms with van der Waals surface area (Å²) in [5, 5.41) is 0. The predicted octanol–water partition coefficient (Wildman–Crippen LogP) is 4.44. The molecule has 2 N–H and O–H groups in total. The number of benzene rings is 3. The van der Waals surface area contributed by atoms with Crippen LogP contribution in [0.25, 0.3) is 0 Å². The number of rotatable bonds is 7. The van der Waals surface area contributed by atoms with E-state index in [2.05, 4.69) is 0 Å². The monoisotopic (exact) mass is 426 g/mol. The minimum Gasteiger partial charge on any atom is -0.368 e. The molecule has 0 fully saturated rings. The molecule has 3 rings (SSSR count). The van der Waals surface area contributed by atoms with Crippen LogP contribution in [0.3, 0.4) is 0 Å². The van der Waals surface area contributed by atoms with Gasteiger partial charge in [0.1, 0.15) is 6.04 Å². The fourth-order valence-corrected chi connectivity index (χ4v) is 3.31. The van der Waals surface area contributed by atoms with Crippen LogP contribution in [0.1, 0.15) is 27.0 Å². The minimum atomic E-state index is -4.52. The van der Waals surface area contributed by atoms with Crippen molar-refractivity contribution in [1.82, 2.24) is 4.90 Å². The highest BCUT2D eigenvalue weighted by molar-refractivity contribution is 5.97. The molecule has 160 valence electrons. The summed E-state index contributed by atoms with van der Waals surface area (Å²) < 4.78 is 39.4. The Bertz CT molecular complexity index is 1040. The molecule has 0 aromatic heterocycles. The average Bonchev–Trinajstić information content (AvgIpc) is 2.76. The first-order valence-electron chi connectivity index (χ1n) is 9.61. The lowest BCUT2D eigenvalue weighted by atomic mass is 10.0. The summed E-state index contributed by atoms with van der Waals surface area (Å²) in [6.45, 7) is -0.196. The lowest BCUT2D eigenvalue weighted by molar-refractivity contribution is -0.137. The molecule has 4 nitrogen and oxygen atoms in total. The van der Waals surface area contributed by atoms with E-state index >= 15 is 0 Å². The number of nitrogens with zero attached hydrogens (tertiary/aromatic N) is 1. The van der Waals surface area contributed by atoms with Crippen LogP contribution in [0.2, 0.25) is 0 Å². The highest BCUT2D eigenvalue weighted by Gasteiger charge is 2.32. The standard InChI is InChI=1S/C24H21F3N2O2/c25-24(26,27)20-13-7-10-18(14-20)16-29(23(31)19-11-5-2-6-12-19)21(22(28)30)15-17-8-3-1-4-9-17/h1-14,21H,15-16H2,(H2,28,30)/t21-/m1/s1. The van der Waals surface area contributed by atoms with Crippen LogP contribution in [0, 0.1) is 0 Å². The van der Waals surface area contributed by atoms with E-state index in [1.165, 1.54) is 17.0 Å². The van der Waals surface area contributed by atoms with Crippen LogP contribution in [-0.2, 0) is 23.9 Å². The van der Waals surface area contributed by atoms with Gasteiger partial charge in [0.15, 0.2) is 0 Å². The molecule has 0 radical (unpaired) electrons.